The van der Waals surface area contributed by atoms with Gasteiger partial charge in [0, 0.05) is 11.0 Å². The summed E-state index contributed by atoms with van der Waals surface area (Å²) in [6.45, 7) is 1.99. The van der Waals surface area contributed by atoms with Crippen molar-refractivity contribution in [1.29, 1.82) is 0 Å². The average Bonchev–Trinajstić information content (AvgIpc) is 2.71. The third-order valence-electron chi connectivity index (χ3n) is 4.22. The smallest absolute Gasteiger partial charge is 0.264 e. The summed E-state index contributed by atoms with van der Waals surface area (Å²) < 4.78 is 28.4. The van der Waals surface area contributed by atoms with Crippen molar-refractivity contribution >= 4 is 54.8 Å². The van der Waals surface area contributed by atoms with Crippen molar-refractivity contribution in [2.75, 3.05) is 16.2 Å². The molecule has 0 saturated heterocycles. The molecule has 0 spiro atoms. The fourth-order valence-corrected chi connectivity index (χ4v) is 4.89. The van der Waals surface area contributed by atoms with Gasteiger partial charge in [0.2, 0.25) is 0 Å². The van der Waals surface area contributed by atoms with Crippen LogP contribution in [0.5, 0.6) is 0 Å². The van der Waals surface area contributed by atoms with E-state index in [0.717, 1.165) is 0 Å². The van der Waals surface area contributed by atoms with Crippen molar-refractivity contribution in [3.63, 3.8) is 0 Å². The Morgan fingerprint density at radius 3 is 2.34 bits per heavy atom. The summed E-state index contributed by atoms with van der Waals surface area (Å²) in [5, 5.41) is 2.91. The van der Waals surface area contributed by atoms with Crippen LogP contribution in [0.3, 0.4) is 0 Å². The van der Waals surface area contributed by atoms with Crippen molar-refractivity contribution in [3.05, 3.63) is 87.9 Å². The van der Waals surface area contributed by atoms with Gasteiger partial charge in [0.05, 0.1) is 26.9 Å². The molecule has 29 heavy (non-hydrogen) atoms. The molecule has 0 saturated carbocycles. The normalized spacial score (nSPS) is 11.1. The van der Waals surface area contributed by atoms with E-state index in [0.29, 0.717) is 15.8 Å². The van der Waals surface area contributed by atoms with Gasteiger partial charge in [0.1, 0.15) is 0 Å². The fourth-order valence-electron chi connectivity index (χ4n) is 2.80. The first kappa shape index (κ1) is 21.4. The minimum Gasteiger partial charge on any atom is -0.321 e. The first-order valence-corrected chi connectivity index (χ1v) is 11.4. The number of amides is 1. The lowest BCUT2D eigenvalue weighted by molar-refractivity contribution is 0.102. The Hall–Kier alpha value is -2.35. The molecule has 3 aromatic rings. The van der Waals surface area contributed by atoms with Gasteiger partial charge in [-0.3, -0.25) is 9.10 Å². The van der Waals surface area contributed by atoms with Gasteiger partial charge in [0.25, 0.3) is 15.9 Å². The maximum atomic E-state index is 13.2. The number of sulfonamides is 1. The van der Waals surface area contributed by atoms with Crippen LogP contribution in [0, 0.1) is 0 Å². The summed E-state index contributed by atoms with van der Waals surface area (Å²) in [6.07, 6.45) is 0. The van der Waals surface area contributed by atoms with Crippen molar-refractivity contribution < 1.29 is 13.2 Å². The molecule has 0 atom stereocenters. The van der Waals surface area contributed by atoms with Gasteiger partial charge in [-0.1, -0.05) is 41.9 Å². The molecule has 0 bridgehead atoms. The molecule has 0 aliphatic carbocycles. The maximum Gasteiger partial charge on any atom is 0.264 e. The lowest BCUT2D eigenvalue weighted by atomic mass is 10.2. The van der Waals surface area contributed by atoms with E-state index in [1.807, 2.05) is 12.1 Å². The Balaban J connectivity index is 1.97. The number of nitrogens with one attached hydrogen (secondary N) is 1. The summed E-state index contributed by atoms with van der Waals surface area (Å²) in [5.41, 5.74) is 1.18. The highest BCUT2D eigenvalue weighted by molar-refractivity contribution is 9.10. The van der Waals surface area contributed by atoms with Crippen LogP contribution >= 0.6 is 27.5 Å². The Labute approximate surface area is 183 Å². The van der Waals surface area contributed by atoms with Gasteiger partial charge in [-0.2, -0.15) is 0 Å². The van der Waals surface area contributed by atoms with Crippen molar-refractivity contribution in [1.82, 2.24) is 0 Å². The molecule has 5 nitrogen and oxygen atoms in total. The van der Waals surface area contributed by atoms with Crippen LogP contribution in [-0.2, 0) is 10.0 Å². The van der Waals surface area contributed by atoms with Crippen LogP contribution in [0.15, 0.2) is 82.2 Å². The maximum absolute atomic E-state index is 13.2. The van der Waals surface area contributed by atoms with Crippen molar-refractivity contribution in [2.45, 2.75) is 11.8 Å². The van der Waals surface area contributed by atoms with Crippen LogP contribution in [0.25, 0.3) is 0 Å². The molecule has 150 valence electrons. The molecule has 1 amide bonds. The highest BCUT2D eigenvalue weighted by Gasteiger charge is 2.25. The van der Waals surface area contributed by atoms with E-state index in [1.54, 1.807) is 49.4 Å². The molecule has 0 aliphatic heterocycles. The molecule has 3 aromatic carbocycles. The third kappa shape index (κ3) is 4.63. The number of para-hydroxylation sites is 2. The first-order valence-electron chi connectivity index (χ1n) is 8.78. The van der Waals surface area contributed by atoms with Crippen molar-refractivity contribution in [2.24, 2.45) is 0 Å². The summed E-state index contributed by atoms with van der Waals surface area (Å²) in [7, 11) is -3.87. The number of rotatable bonds is 6. The quantitative estimate of drug-likeness (QED) is 0.488. The molecule has 0 radical (unpaired) electrons. The predicted molar refractivity (Wildman–Crippen MR) is 120 cm³/mol. The SMILES string of the molecule is CCN(c1ccccc1)S(=O)(=O)c1ccc(Cl)c(C(=O)Nc2ccccc2Br)c1. The number of halogens is 2. The molecule has 0 aliphatic rings. The summed E-state index contributed by atoms with van der Waals surface area (Å²) in [5.74, 6) is -0.498. The Kier molecular flexibility index (Phi) is 6.62. The van der Waals surface area contributed by atoms with Crippen LogP contribution < -0.4 is 9.62 Å². The van der Waals surface area contributed by atoms with Crippen LogP contribution in [0.2, 0.25) is 5.02 Å². The van der Waals surface area contributed by atoms with Crippen molar-refractivity contribution in [3.8, 4) is 0 Å². The van der Waals surface area contributed by atoms with E-state index in [1.165, 1.54) is 22.5 Å². The van der Waals surface area contributed by atoms with E-state index in [2.05, 4.69) is 21.2 Å². The van der Waals surface area contributed by atoms with E-state index in [4.69, 9.17) is 11.6 Å². The molecule has 8 heteroatoms. The number of hydrogen-bond donors (Lipinski definition) is 1. The van der Waals surface area contributed by atoms with E-state index in [9.17, 15) is 13.2 Å². The summed E-state index contributed by atoms with van der Waals surface area (Å²) in [6, 6.07) is 20.0. The zero-order valence-corrected chi connectivity index (χ0v) is 18.6. The lowest BCUT2D eigenvalue weighted by Crippen LogP contribution is -2.31. The van der Waals surface area contributed by atoms with Crippen LogP contribution in [0.1, 0.15) is 17.3 Å². The molecule has 0 fully saturated rings. The lowest BCUT2D eigenvalue weighted by Gasteiger charge is -2.23. The van der Waals surface area contributed by atoms with Crippen LogP contribution in [0.4, 0.5) is 11.4 Å². The Morgan fingerprint density at radius 2 is 1.69 bits per heavy atom. The summed E-state index contributed by atoms with van der Waals surface area (Å²) in [4.78, 5) is 12.7. The highest BCUT2D eigenvalue weighted by Crippen LogP contribution is 2.28. The second-order valence-electron chi connectivity index (χ2n) is 6.08. The predicted octanol–water partition coefficient (Wildman–Crippen LogP) is 5.57. The fraction of sp³-hybridized carbons (Fsp3) is 0.0952. The molecule has 0 aromatic heterocycles. The first-order chi connectivity index (χ1) is 13.8. The molecule has 3 rings (SSSR count). The molecular weight excluding hydrogens is 476 g/mol. The monoisotopic (exact) mass is 492 g/mol. The topological polar surface area (TPSA) is 66.5 Å². The third-order valence-corrected chi connectivity index (χ3v) is 7.14. The van der Waals surface area contributed by atoms with Gasteiger partial charge in [-0.05, 0) is 65.3 Å². The van der Waals surface area contributed by atoms with E-state index in [-0.39, 0.29) is 22.0 Å². The molecule has 0 unspecified atom stereocenters. The zero-order chi connectivity index (χ0) is 21.0. The number of nitrogens with zero attached hydrogens (tertiary/aromatic N) is 1. The van der Waals surface area contributed by atoms with Gasteiger partial charge >= 0.3 is 0 Å². The highest BCUT2D eigenvalue weighted by atomic mass is 79.9. The Bertz CT molecular complexity index is 1140. The van der Waals surface area contributed by atoms with E-state index >= 15 is 0 Å². The molecule has 1 N–H and O–H groups in total. The number of hydrogen-bond acceptors (Lipinski definition) is 3. The van der Waals surface area contributed by atoms with Gasteiger partial charge in [0.15, 0.2) is 0 Å². The van der Waals surface area contributed by atoms with E-state index < -0.39 is 15.9 Å². The number of carbonyl (C=O) groups is 1. The average molecular weight is 494 g/mol. The number of anilines is 2. The number of benzene rings is 3. The second kappa shape index (κ2) is 8.98. The summed E-state index contributed by atoms with van der Waals surface area (Å²) >= 11 is 9.56. The van der Waals surface area contributed by atoms with Gasteiger partial charge in [-0.15, -0.1) is 0 Å². The minimum absolute atomic E-state index is 0.00937. The number of carbonyl (C=O) groups excluding carboxylic acids is 1. The second-order valence-corrected chi connectivity index (χ2v) is 9.20. The minimum atomic E-state index is -3.87. The van der Waals surface area contributed by atoms with Crippen LogP contribution in [-0.4, -0.2) is 20.9 Å². The largest absolute Gasteiger partial charge is 0.321 e. The Morgan fingerprint density at radius 1 is 1.03 bits per heavy atom. The zero-order valence-electron chi connectivity index (χ0n) is 15.5. The van der Waals surface area contributed by atoms with Gasteiger partial charge in [-0.25, -0.2) is 8.42 Å². The standard InChI is InChI=1S/C21H18BrClN2O3S/c1-2-25(15-8-4-3-5-9-15)29(27,28)16-12-13-19(23)17(14-16)21(26)24-20-11-7-6-10-18(20)22/h3-14H,2H2,1H3,(H,24,26). The molecular formula is C21H18BrClN2O3S. The molecule has 0 heterocycles. The van der Waals surface area contributed by atoms with Gasteiger partial charge < -0.3 is 5.32 Å².